The Labute approximate surface area is 59.2 Å². The van der Waals surface area contributed by atoms with Gasteiger partial charge in [0.1, 0.15) is 5.82 Å². The van der Waals surface area contributed by atoms with Gasteiger partial charge in [0.2, 0.25) is 0 Å². The minimum Gasteiger partial charge on any atom is -0.383 e. The second-order valence-electron chi connectivity index (χ2n) is 1.93. The molecule has 0 atom stereocenters. The van der Waals surface area contributed by atoms with E-state index in [1.165, 1.54) is 0 Å². The fraction of sp³-hybridized carbons (Fsp3) is 0.167. The molecule has 0 spiro atoms. The summed E-state index contributed by atoms with van der Waals surface area (Å²) in [6.45, 7) is 0.555. The zero-order chi connectivity index (χ0) is 7.40. The van der Waals surface area contributed by atoms with Gasteiger partial charge in [-0.25, -0.2) is 4.98 Å². The van der Waals surface area contributed by atoms with Gasteiger partial charge in [-0.3, -0.25) is 11.3 Å². The van der Waals surface area contributed by atoms with Crippen LogP contribution in [0.3, 0.4) is 0 Å². The van der Waals surface area contributed by atoms with E-state index in [4.69, 9.17) is 11.6 Å². The lowest BCUT2D eigenvalue weighted by molar-refractivity contribution is 0.740. The first-order chi connectivity index (χ1) is 4.84. The molecular weight excluding hydrogens is 128 g/mol. The number of nitrogens with two attached hydrogens (primary N) is 2. The van der Waals surface area contributed by atoms with Gasteiger partial charge < -0.3 is 5.73 Å². The molecule has 0 fully saturated rings. The lowest BCUT2D eigenvalue weighted by atomic mass is 10.2. The summed E-state index contributed by atoms with van der Waals surface area (Å²) in [6.07, 6.45) is 1.65. The first-order valence-electron chi connectivity index (χ1n) is 2.97. The van der Waals surface area contributed by atoms with Crippen molar-refractivity contribution in [2.24, 2.45) is 5.84 Å². The number of anilines is 1. The predicted octanol–water partition coefficient (Wildman–Crippen LogP) is -0.373. The molecule has 0 aliphatic rings. The molecule has 10 heavy (non-hydrogen) atoms. The van der Waals surface area contributed by atoms with Gasteiger partial charge >= 0.3 is 0 Å². The quantitative estimate of drug-likeness (QED) is 0.385. The molecule has 0 amide bonds. The average Bonchev–Trinajstić information content (AvgIpc) is 1.94. The van der Waals surface area contributed by atoms with Crippen LogP contribution in [0.5, 0.6) is 0 Å². The molecule has 1 rings (SSSR count). The number of hydrazine groups is 1. The van der Waals surface area contributed by atoms with E-state index in [1.807, 2.05) is 12.1 Å². The zero-order valence-electron chi connectivity index (χ0n) is 5.54. The molecule has 4 heteroatoms. The minimum atomic E-state index is 0.528. The van der Waals surface area contributed by atoms with Gasteiger partial charge in [-0.15, -0.1) is 0 Å². The Balaban J connectivity index is 2.81. The summed E-state index contributed by atoms with van der Waals surface area (Å²) in [5.74, 6) is 5.62. The number of nitrogen functional groups attached to an aromatic ring is 1. The van der Waals surface area contributed by atoms with Crippen molar-refractivity contribution in [1.29, 1.82) is 0 Å². The fourth-order valence-electron chi connectivity index (χ4n) is 0.710. The topological polar surface area (TPSA) is 77.0 Å². The first kappa shape index (κ1) is 6.98. The van der Waals surface area contributed by atoms with Crippen molar-refractivity contribution in [3.05, 3.63) is 23.9 Å². The summed E-state index contributed by atoms with van der Waals surface area (Å²) in [7, 11) is 0. The predicted molar refractivity (Wildman–Crippen MR) is 39.7 cm³/mol. The Bertz CT molecular complexity index is 211. The summed E-state index contributed by atoms with van der Waals surface area (Å²) in [5.41, 5.74) is 8.93. The van der Waals surface area contributed by atoms with Gasteiger partial charge in [-0.05, 0) is 6.07 Å². The van der Waals surface area contributed by atoms with Crippen molar-refractivity contribution >= 4 is 5.82 Å². The molecule has 0 unspecified atom stereocenters. The van der Waals surface area contributed by atoms with E-state index in [2.05, 4.69) is 10.4 Å². The Morgan fingerprint density at radius 1 is 1.60 bits per heavy atom. The Hall–Kier alpha value is -1.13. The molecule has 1 aromatic heterocycles. The first-order valence-corrected chi connectivity index (χ1v) is 2.97. The molecule has 4 nitrogen and oxygen atoms in total. The molecule has 0 bridgehead atoms. The van der Waals surface area contributed by atoms with E-state index < -0.39 is 0 Å². The Kier molecular flexibility index (Phi) is 2.20. The lowest BCUT2D eigenvalue weighted by Crippen LogP contribution is -2.21. The second kappa shape index (κ2) is 3.14. The van der Waals surface area contributed by atoms with Gasteiger partial charge in [0.05, 0.1) is 0 Å². The third-order valence-corrected chi connectivity index (χ3v) is 1.22. The zero-order valence-corrected chi connectivity index (χ0v) is 5.54. The number of aromatic nitrogens is 1. The molecule has 1 aromatic rings. The summed E-state index contributed by atoms with van der Waals surface area (Å²) < 4.78 is 0. The van der Waals surface area contributed by atoms with Gasteiger partial charge in [-0.2, -0.15) is 0 Å². The van der Waals surface area contributed by atoms with Crippen molar-refractivity contribution in [2.75, 3.05) is 5.73 Å². The van der Waals surface area contributed by atoms with Crippen LogP contribution < -0.4 is 17.0 Å². The minimum absolute atomic E-state index is 0.528. The SMILES string of the molecule is NNCc1cccnc1N. The molecule has 0 aliphatic carbocycles. The number of nitrogens with zero attached hydrogens (tertiary/aromatic N) is 1. The lowest BCUT2D eigenvalue weighted by Gasteiger charge is -2.00. The summed E-state index contributed by atoms with van der Waals surface area (Å²) in [5, 5.41) is 0. The normalized spacial score (nSPS) is 9.70. The molecule has 1 heterocycles. The van der Waals surface area contributed by atoms with E-state index in [1.54, 1.807) is 6.20 Å². The number of nitrogens with one attached hydrogen (secondary N) is 1. The molecule has 0 radical (unpaired) electrons. The molecular formula is C6H10N4. The van der Waals surface area contributed by atoms with Gasteiger partial charge in [0.15, 0.2) is 0 Å². The van der Waals surface area contributed by atoms with E-state index >= 15 is 0 Å². The maximum Gasteiger partial charge on any atom is 0.127 e. The second-order valence-corrected chi connectivity index (χ2v) is 1.93. The van der Waals surface area contributed by atoms with Gasteiger partial charge in [-0.1, -0.05) is 6.07 Å². The summed E-state index contributed by atoms with van der Waals surface area (Å²) in [6, 6.07) is 3.70. The third kappa shape index (κ3) is 1.43. The van der Waals surface area contributed by atoms with Gasteiger partial charge in [0.25, 0.3) is 0 Å². The van der Waals surface area contributed by atoms with Crippen LogP contribution in [0.4, 0.5) is 5.82 Å². The highest BCUT2D eigenvalue weighted by Crippen LogP contribution is 2.04. The highest BCUT2D eigenvalue weighted by molar-refractivity contribution is 5.37. The van der Waals surface area contributed by atoms with Crippen LogP contribution in [0, 0.1) is 0 Å². The van der Waals surface area contributed by atoms with Crippen LogP contribution in [-0.4, -0.2) is 4.98 Å². The van der Waals surface area contributed by atoms with E-state index in [-0.39, 0.29) is 0 Å². The van der Waals surface area contributed by atoms with Gasteiger partial charge in [0, 0.05) is 18.3 Å². The van der Waals surface area contributed by atoms with Crippen molar-refractivity contribution in [1.82, 2.24) is 10.4 Å². The summed E-state index contributed by atoms with van der Waals surface area (Å²) >= 11 is 0. The number of hydrogen-bond donors (Lipinski definition) is 3. The maximum atomic E-state index is 5.50. The largest absolute Gasteiger partial charge is 0.383 e. The molecule has 0 saturated carbocycles. The molecule has 5 N–H and O–H groups in total. The third-order valence-electron chi connectivity index (χ3n) is 1.22. The molecule has 54 valence electrons. The van der Waals surface area contributed by atoms with Crippen molar-refractivity contribution in [2.45, 2.75) is 6.54 Å². The number of pyridine rings is 1. The highest BCUT2D eigenvalue weighted by Gasteiger charge is 1.94. The molecule has 0 aliphatic heterocycles. The number of rotatable bonds is 2. The van der Waals surface area contributed by atoms with Crippen molar-refractivity contribution < 1.29 is 0 Å². The highest BCUT2D eigenvalue weighted by atomic mass is 15.2. The fourth-order valence-corrected chi connectivity index (χ4v) is 0.710. The maximum absolute atomic E-state index is 5.50. The van der Waals surface area contributed by atoms with Crippen LogP contribution in [0.25, 0.3) is 0 Å². The van der Waals surface area contributed by atoms with E-state index in [0.29, 0.717) is 12.4 Å². The van der Waals surface area contributed by atoms with Crippen molar-refractivity contribution in [3.8, 4) is 0 Å². The van der Waals surface area contributed by atoms with Crippen LogP contribution in [0.1, 0.15) is 5.56 Å². The smallest absolute Gasteiger partial charge is 0.127 e. The summed E-state index contributed by atoms with van der Waals surface area (Å²) in [4.78, 5) is 3.88. The molecule has 0 saturated heterocycles. The van der Waals surface area contributed by atoms with Crippen LogP contribution in [-0.2, 0) is 6.54 Å². The van der Waals surface area contributed by atoms with Crippen LogP contribution in [0.15, 0.2) is 18.3 Å². The monoisotopic (exact) mass is 138 g/mol. The van der Waals surface area contributed by atoms with Crippen molar-refractivity contribution in [3.63, 3.8) is 0 Å². The standard InChI is InChI=1S/C6H10N4/c7-6-5(4-10-8)2-1-3-9-6/h1-3,10H,4,8H2,(H2,7,9). The van der Waals surface area contributed by atoms with E-state index in [9.17, 15) is 0 Å². The Morgan fingerprint density at radius 2 is 2.40 bits per heavy atom. The van der Waals surface area contributed by atoms with Crippen LogP contribution in [0.2, 0.25) is 0 Å². The molecule has 0 aromatic carbocycles. The van der Waals surface area contributed by atoms with Crippen LogP contribution >= 0.6 is 0 Å². The number of hydrogen-bond acceptors (Lipinski definition) is 4. The Morgan fingerprint density at radius 3 is 3.00 bits per heavy atom. The van der Waals surface area contributed by atoms with E-state index in [0.717, 1.165) is 5.56 Å². The average molecular weight is 138 g/mol.